The molecule has 0 aliphatic heterocycles. The fourth-order valence-corrected chi connectivity index (χ4v) is 3.15. The van der Waals surface area contributed by atoms with Crippen LogP contribution in [0.1, 0.15) is 56.4 Å². The second-order valence-electron chi connectivity index (χ2n) is 6.10. The van der Waals surface area contributed by atoms with Crippen molar-refractivity contribution in [2.45, 2.75) is 46.0 Å². The van der Waals surface area contributed by atoms with Crippen molar-refractivity contribution in [3.8, 4) is 0 Å². The smallest absolute Gasteiger partial charge is 0.187 e. The normalized spacial score (nSPS) is 13.8. The van der Waals surface area contributed by atoms with Crippen LogP contribution in [0.25, 0.3) is 10.9 Å². The number of hydrogen-bond donors (Lipinski definition) is 1. The van der Waals surface area contributed by atoms with Gasteiger partial charge in [-0.25, -0.2) is 0 Å². The first-order valence-corrected chi connectivity index (χ1v) is 8.41. The van der Waals surface area contributed by atoms with E-state index >= 15 is 0 Å². The summed E-state index contributed by atoms with van der Waals surface area (Å²) in [6.07, 6.45) is 4.47. The maximum absolute atomic E-state index is 12.7. The van der Waals surface area contributed by atoms with Crippen LogP contribution in [0, 0.1) is 11.8 Å². The molecular formula is C19H24NO3-. The van der Waals surface area contributed by atoms with E-state index in [2.05, 4.69) is 11.9 Å². The SMILES string of the molecule is CCCCCC(CC)C(C(=O)[O-])C(=O)c1cc2ccccc2[nH]1. The molecule has 1 heterocycles. The van der Waals surface area contributed by atoms with E-state index in [9.17, 15) is 14.7 Å². The van der Waals surface area contributed by atoms with Crippen LogP contribution in [-0.2, 0) is 4.79 Å². The number of aromatic amines is 1. The van der Waals surface area contributed by atoms with Crippen LogP contribution in [0.3, 0.4) is 0 Å². The number of aromatic nitrogens is 1. The molecule has 2 aromatic rings. The number of ketones is 1. The maximum Gasteiger partial charge on any atom is 0.187 e. The fourth-order valence-electron chi connectivity index (χ4n) is 3.15. The lowest BCUT2D eigenvalue weighted by molar-refractivity contribution is -0.310. The van der Waals surface area contributed by atoms with Gasteiger partial charge in [0.05, 0.1) is 17.6 Å². The third kappa shape index (κ3) is 4.01. The van der Waals surface area contributed by atoms with Gasteiger partial charge in [0.1, 0.15) is 0 Å². The Hall–Kier alpha value is -2.10. The molecule has 124 valence electrons. The Kier molecular flexibility index (Phi) is 5.97. The lowest BCUT2D eigenvalue weighted by Gasteiger charge is -2.25. The molecule has 4 heteroatoms. The van der Waals surface area contributed by atoms with Crippen molar-refractivity contribution in [2.24, 2.45) is 11.8 Å². The molecule has 0 radical (unpaired) electrons. The summed E-state index contributed by atoms with van der Waals surface area (Å²) in [5, 5.41) is 12.5. The molecule has 0 spiro atoms. The predicted octanol–water partition coefficient (Wildman–Crippen LogP) is 3.32. The number of hydrogen-bond acceptors (Lipinski definition) is 3. The molecule has 2 atom stereocenters. The summed E-state index contributed by atoms with van der Waals surface area (Å²) in [7, 11) is 0. The predicted molar refractivity (Wildman–Crippen MR) is 89.0 cm³/mol. The Morgan fingerprint density at radius 3 is 2.52 bits per heavy atom. The van der Waals surface area contributed by atoms with Crippen LogP contribution in [0.4, 0.5) is 0 Å². The minimum Gasteiger partial charge on any atom is -0.549 e. The minimum atomic E-state index is -1.27. The van der Waals surface area contributed by atoms with E-state index in [4.69, 9.17) is 0 Å². The summed E-state index contributed by atoms with van der Waals surface area (Å²) in [6, 6.07) is 9.27. The van der Waals surface area contributed by atoms with Crippen molar-refractivity contribution >= 4 is 22.7 Å². The molecule has 2 rings (SSSR count). The zero-order chi connectivity index (χ0) is 16.8. The number of aliphatic carboxylic acids is 1. The van der Waals surface area contributed by atoms with Crippen LogP contribution in [0.2, 0.25) is 0 Å². The summed E-state index contributed by atoms with van der Waals surface area (Å²) in [4.78, 5) is 27.4. The highest BCUT2D eigenvalue weighted by Gasteiger charge is 2.29. The average molecular weight is 314 g/mol. The highest BCUT2D eigenvalue weighted by atomic mass is 16.4. The molecule has 1 aromatic heterocycles. The second kappa shape index (κ2) is 7.95. The summed E-state index contributed by atoms with van der Waals surface area (Å²) in [6.45, 7) is 4.04. The number of fused-ring (bicyclic) bond motifs is 1. The third-order valence-corrected chi connectivity index (χ3v) is 4.51. The zero-order valence-electron chi connectivity index (χ0n) is 13.8. The molecular weight excluding hydrogens is 290 g/mol. The van der Waals surface area contributed by atoms with Gasteiger partial charge in [0, 0.05) is 10.9 Å². The fraction of sp³-hybridized carbons (Fsp3) is 0.474. The summed E-state index contributed by atoms with van der Waals surface area (Å²) >= 11 is 0. The van der Waals surface area contributed by atoms with Crippen LogP contribution in [-0.4, -0.2) is 16.7 Å². The number of carbonyl (C=O) groups is 2. The molecule has 0 bridgehead atoms. The molecule has 0 saturated carbocycles. The maximum atomic E-state index is 12.7. The first-order valence-electron chi connectivity index (χ1n) is 8.41. The van der Waals surface area contributed by atoms with Gasteiger partial charge in [0.2, 0.25) is 0 Å². The van der Waals surface area contributed by atoms with Gasteiger partial charge in [-0.3, -0.25) is 4.79 Å². The molecule has 1 N–H and O–H groups in total. The van der Waals surface area contributed by atoms with Crippen molar-refractivity contribution in [3.05, 3.63) is 36.0 Å². The quantitative estimate of drug-likeness (QED) is 0.438. The van der Waals surface area contributed by atoms with Crippen LogP contribution >= 0.6 is 0 Å². The Balaban J connectivity index is 2.24. The number of Topliss-reactive ketones (excluding diaryl/α,β-unsaturated/α-hetero) is 1. The zero-order valence-corrected chi connectivity index (χ0v) is 13.8. The van der Waals surface area contributed by atoms with Gasteiger partial charge >= 0.3 is 0 Å². The highest BCUT2D eigenvalue weighted by Crippen LogP contribution is 2.27. The second-order valence-corrected chi connectivity index (χ2v) is 6.10. The Bertz CT molecular complexity index is 641. The van der Waals surface area contributed by atoms with Gasteiger partial charge in [0.25, 0.3) is 0 Å². The third-order valence-electron chi connectivity index (χ3n) is 4.51. The lowest BCUT2D eigenvalue weighted by Crippen LogP contribution is -2.41. The van der Waals surface area contributed by atoms with E-state index in [1.54, 1.807) is 6.07 Å². The van der Waals surface area contributed by atoms with Crippen molar-refractivity contribution in [1.29, 1.82) is 0 Å². The number of benzene rings is 1. The van der Waals surface area contributed by atoms with Crippen molar-refractivity contribution in [1.82, 2.24) is 4.98 Å². The van der Waals surface area contributed by atoms with E-state index in [1.807, 2.05) is 31.2 Å². The van der Waals surface area contributed by atoms with Gasteiger partial charge in [-0.15, -0.1) is 0 Å². The van der Waals surface area contributed by atoms with Crippen LogP contribution < -0.4 is 5.11 Å². The van der Waals surface area contributed by atoms with E-state index in [-0.39, 0.29) is 11.7 Å². The van der Waals surface area contributed by atoms with Gasteiger partial charge < -0.3 is 14.9 Å². The van der Waals surface area contributed by atoms with E-state index in [0.29, 0.717) is 12.1 Å². The lowest BCUT2D eigenvalue weighted by atomic mass is 9.82. The molecule has 0 amide bonds. The number of rotatable bonds is 9. The van der Waals surface area contributed by atoms with Crippen molar-refractivity contribution in [2.75, 3.05) is 0 Å². The molecule has 0 fully saturated rings. The minimum absolute atomic E-state index is 0.175. The Morgan fingerprint density at radius 1 is 1.17 bits per heavy atom. The topological polar surface area (TPSA) is 73.0 Å². The van der Waals surface area contributed by atoms with E-state index < -0.39 is 11.9 Å². The van der Waals surface area contributed by atoms with E-state index in [0.717, 1.165) is 36.6 Å². The van der Waals surface area contributed by atoms with Gasteiger partial charge in [-0.1, -0.05) is 57.7 Å². The summed E-state index contributed by atoms with van der Waals surface area (Å²) < 4.78 is 0. The van der Waals surface area contributed by atoms with Crippen LogP contribution in [0.15, 0.2) is 30.3 Å². The van der Waals surface area contributed by atoms with Gasteiger partial charge in [0.15, 0.2) is 5.78 Å². The van der Waals surface area contributed by atoms with Gasteiger partial charge in [-0.05, 0) is 24.5 Å². The number of carbonyl (C=O) groups excluding carboxylic acids is 2. The standard InChI is InChI=1S/C19H25NO3/c1-3-5-6-9-13(4-2)17(19(22)23)18(21)16-12-14-10-7-8-11-15(14)20-16/h7-8,10-13,17,20H,3-6,9H2,1-2H3,(H,22,23)/p-1. The number of unbranched alkanes of at least 4 members (excludes halogenated alkanes) is 2. The highest BCUT2D eigenvalue weighted by molar-refractivity contribution is 6.09. The Labute approximate surface area is 136 Å². The average Bonchev–Trinajstić information content (AvgIpc) is 2.97. The van der Waals surface area contributed by atoms with Crippen molar-refractivity contribution < 1.29 is 14.7 Å². The molecule has 0 aliphatic carbocycles. The van der Waals surface area contributed by atoms with E-state index in [1.165, 1.54) is 0 Å². The van der Waals surface area contributed by atoms with Gasteiger partial charge in [-0.2, -0.15) is 0 Å². The number of para-hydroxylation sites is 1. The number of carboxylic acid groups (broad SMARTS) is 1. The molecule has 23 heavy (non-hydrogen) atoms. The largest absolute Gasteiger partial charge is 0.549 e. The molecule has 2 unspecified atom stereocenters. The number of nitrogens with one attached hydrogen (secondary N) is 1. The number of carboxylic acids is 1. The van der Waals surface area contributed by atoms with Crippen molar-refractivity contribution in [3.63, 3.8) is 0 Å². The molecule has 0 aliphatic rings. The monoisotopic (exact) mass is 314 g/mol. The summed E-state index contributed by atoms with van der Waals surface area (Å²) in [5.41, 5.74) is 1.20. The molecule has 1 aromatic carbocycles. The Morgan fingerprint density at radius 2 is 1.91 bits per heavy atom. The first-order chi connectivity index (χ1) is 11.1. The van der Waals surface area contributed by atoms with Crippen LogP contribution in [0.5, 0.6) is 0 Å². The summed E-state index contributed by atoms with van der Waals surface area (Å²) in [5.74, 6) is -2.89. The molecule has 0 saturated heterocycles. The molecule has 4 nitrogen and oxygen atoms in total. The first kappa shape index (κ1) is 17.3. The number of H-pyrrole nitrogens is 1.